The van der Waals surface area contributed by atoms with Crippen molar-refractivity contribution in [2.75, 3.05) is 26.7 Å². The zero-order valence-electron chi connectivity index (χ0n) is 25.0. The highest BCUT2D eigenvalue weighted by Gasteiger charge is 2.42. The van der Waals surface area contributed by atoms with Gasteiger partial charge in [0.15, 0.2) is 0 Å². The van der Waals surface area contributed by atoms with Crippen LogP contribution in [0.1, 0.15) is 45.2 Å². The van der Waals surface area contributed by atoms with Gasteiger partial charge in [-0.25, -0.2) is 0 Å². The standard InChI is InChI=1S/C32H43ClN4O5/c1-6-21(2)27-31(40)37(5)28(32(3,4)41)30(39)36-25(20-22-13-15-24(33)16-14-22)29(38)35-17-9-11-23-10-7-8-12-26(23)42-19-18-34-27/h7-16,21,25,27-28,34,41H,6,17-20H2,1-5H3,(H,35,38)(H,36,39)/b11-9+/t21?,25-,27+,28-/m1/s1. The molecule has 0 saturated heterocycles. The third kappa shape index (κ3) is 9.05. The minimum absolute atomic E-state index is 0.0605. The van der Waals surface area contributed by atoms with Crippen LogP contribution >= 0.6 is 11.6 Å². The lowest BCUT2D eigenvalue weighted by Gasteiger charge is -2.39. The number of fused-ring (bicyclic) bond motifs is 1. The first-order chi connectivity index (χ1) is 19.9. The molecule has 2 aromatic rings. The van der Waals surface area contributed by atoms with Gasteiger partial charge in [-0.2, -0.15) is 0 Å². The van der Waals surface area contributed by atoms with E-state index in [1.165, 1.54) is 25.8 Å². The Kier molecular flexibility index (Phi) is 12.0. The first kappa shape index (κ1) is 33.1. The summed E-state index contributed by atoms with van der Waals surface area (Å²) in [5.41, 5.74) is 0.0294. The topological polar surface area (TPSA) is 120 Å². The van der Waals surface area contributed by atoms with Crippen molar-refractivity contribution < 1.29 is 24.2 Å². The van der Waals surface area contributed by atoms with Gasteiger partial charge in [0.2, 0.25) is 17.7 Å². The number of para-hydroxylation sites is 1. The third-order valence-corrected chi connectivity index (χ3v) is 7.70. The molecule has 1 unspecified atom stereocenters. The van der Waals surface area contributed by atoms with Crippen molar-refractivity contribution in [2.45, 2.75) is 64.3 Å². The average Bonchev–Trinajstić information content (AvgIpc) is 2.94. The molecule has 0 aliphatic carbocycles. The molecule has 4 atom stereocenters. The number of halogens is 1. The van der Waals surface area contributed by atoms with Gasteiger partial charge in [0, 0.05) is 37.1 Å². The Bertz CT molecular complexity index is 1240. The molecule has 3 rings (SSSR count). The van der Waals surface area contributed by atoms with Crippen LogP contribution in [0.2, 0.25) is 5.02 Å². The van der Waals surface area contributed by atoms with Crippen molar-refractivity contribution in [1.29, 1.82) is 0 Å². The van der Waals surface area contributed by atoms with E-state index in [0.29, 0.717) is 30.3 Å². The van der Waals surface area contributed by atoms with Gasteiger partial charge in [-0.1, -0.05) is 74.4 Å². The van der Waals surface area contributed by atoms with Crippen LogP contribution in [0.4, 0.5) is 0 Å². The predicted octanol–water partition coefficient (Wildman–Crippen LogP) is 3.19. The number of hydrogen-bond donors (Lipinski definition) is 4. The maximum Gasteiger partial charge on any atom is 0.246 e. The molecule has 0 saturated carbocycles. The van der Waals surface area contributed by atoms with Crippen molar-refractivity contribution in [3.8, 4) is 5.75 Å². The minimum atomic E-state index is -1.60. The fraction of sp³-hybridized carbons (Fsp3) is 0.469. The summed E-state index contributed by atoms with van der Waals surface area (Å²) in [5, 5.41) is 20.6. The molecule has 0 fully saturated rings. The zero-order valence-corrected chi connectivity index (χ0v) is 25.8. The molecule has 42 heavy (non-hydrogen) atoms. The van der Waals surface area contributed by atoms with Crippen LogP contribution in [-0.2, 0) is 20.8 Å². The molecule has 10 heteroatoms. The minimum Gasteiger partial charge on any atom is -0.492 e. The molecular formula is C32H43ClN4O5. The smallest absolute Gasteiger partial charge is 0.246 e. The molecule has 9 nitrogen and oxygen atoms in total. The van der Waals surface area contributed by atoms with Gasteiger partial charge in [0.1, 0.15) is 24.4 Å². The van der Waals surface area contributed by atoms with E-state index in [-0.39, 0.29) is 24.8 Å². The van der Waals surface area contributed by atoms with Crippen molar-refractivity contribution in [2.24, 2.45) is 5.92 Å². The molecule has 228 valence electrons. The van der Waals surface area contributed by atoms with Crippen LogP contribution in [0.3, 0.4) is 0 Å². The second-order valence-electron chi connectivity index (χ2n) is 11.2. The van der Waals surface area contributed by atoms with E-state index in [4.69, 9.17) is 16.3 Å². The number of nitrogens with zero attached hydrogens (tertiary/aromatic N) is 1. The number of carbonyl (C=O) groups excluding carboxylic acids is 3. The second kappa shape index (κ2) is 15.2. The normalized spacial score (nSPS) is 23.0. The molecule has 0 spiro atoms. The Morgan fingerprint density at radius 2 is 1.79 bits per heavy atom. The van der Waals surface area contributed by atoms with E-state index >= 15 is 0 Å². The number of nitrogens with one attached hydrogen (secondary N) is 3. The lowest BCUT2D eigenvalue weighted by Crippen LogP contribution is -2.63. The Labute approximate surface area is 253 Å². The lowest BCUT2D eigenvalue weighted by atomic mass is 9.92. The van der Waals surface area contributed by atoms with Crippen molar-refractivity contribution in [3.63, 3.8) is 0 Å². The fourth-order valence-electron chi connectivity index (χ4n) is 4.99. The number of amides is 3. The average molecular weight is 599 g/mol. The Morgan fingerprint density at radius 3 is 2.45 bits per heavy atom. The molecule has 0 radical (unpaired) electrons. The molecular weight excluding hydrogens is 556 g/mol. The summed E-state index contributed by atoms with van der Waals surface area (Å²) in [6.45, 7) is 7.82. The first-order valence-electron chi connectivity index (χ1n) is 14.4. The number of ether oxygens (including phenoxy) is 1. The molecule has 0 bridgehead atoms. The van der Waals surface area contributed by atoms with E-state index in [9.17, 15) is 19.5 Å². The van der Waals surface area contributed by atoms with E-state index in [1.54, 1.807) is 24.3 Å². The highest BCUT2D eigenvalue weighted by Crippen LogP contribution is 2.21. The van der Waals surface area contributed by atoms with Crippen molar-refractivity contribution >= 4 is 35.4 Å². The maximum absolute atomic E-state index is 13.8. The van der Waals surface area contributed by atoms with Gasteiger partial charge < -0.3 is 30.7 Å². The first-order valence-corrected chi connectivity index (χ1v) is 14.7. The summed E-state index contributed by atoms with van der Waals surface area (Å²) in [4.78, 5) is 42.3. The highest BCUT2D eigenvalue weighted by atomic mass is 35.5. The molecule has 1 aliphatic heterocycles. The SMILES string of the molecule is CCC(C)[C@@H]1NCCOc2ccccc2/C=C/CNC(=O)[C@@H](Cc2ccc(Cl)cc2)NC(=O)[C@H](C(C)(C)O)N(C)C1=O. The van der Waals surface area contributed by atoms with Crippen molar-refractivity contribution in [3.05, 3.63) is 70.8 Å². The second-order valence-corrected chi connectivity index (χ2v) is 11.7. The summed E-state index contributed by atoms with van der Waals surface area (Å²) in [6.07, 6.45) is 4.58. The third-order valence-electron chi connectivity index (χ3n) is 7.45. The molecule has 1 heterocycles. The monoisotopic (exact) mass is 598 g/mol. The fourth-order valence-corrected chi connectivity index (χ4v) is 5.12. The number of rotatable bonds is 5. The molecule has 2 aromatic carbocycles. The number of carbonyl (C=O) groups is 3. The summed E-state index contributed by atoms with van der Waals surface area (Å²) in [5.74, 6) is -0.758. The molecule has 1 aliphatic rings. The van der Waals surface area contributed by atoms with Crippen LogP contribution in [0.5, 0.6) is 5.75 Å². The van der Waals surface area contributed by atoms with Crippen LogP contribution in [0.15, 0.2) is 54.6 Å². The molecule has 3 amide bonds. The van der Waals surface area contributed by atoms with E-state index in [0.717, 1.165) is 11.1 Å². The van der Waals surface area contributed by atoms with E-state index in [1.807, 2.05) is 50.3 Å². The van der Waals surface area contributed by atoms with Crippen LogP contribution in [0.25, 0.3) is 6.08 Å². The van der Waals surface area contributed by atoms with Gasteiger partial charge in [-0.15, -0.1) is 0 Å². The predicted molar refractivity (Wildman–Crippen MR) is 165 cm³/mol. The maximum atomic E-state index is 13.8. The van der Waals surface area contributed by atoms with Crippen molar-refractivity contribution in [1.82, 2.24) is 20.9 Å². The van der Waals surface area contributed by atoms with Gasteiger partial charge in [0.05, 0.1) is 11.6 Å². The largest absolute Gasteiger partial charge is 0.492 e. The van der Waals surface area contributed by atoms with E-state index < -0.39 is 35.5 Å². The Morgan fingerprint density at radius 1 is 1.10 bits per heavy atom. The van der Waals surface area contributed by atoms with E-state index in [2.05, 4.69) is 16.0 Å². The van der Waals surface area contributed by atoms with Gasteiger partial charge in [0.25, 0.3) is 0 Å². The number of benzene rings is 2. The summed E-state index contributed by atoms with van der Waals surface area (Å²) in [6, 6.07) is 11.7. The van der Waals surface area contributed by atoms with Crippen LogP contribution < -0.4 is 20.7 Å². The summed E-state index contributed by atoms with van der Waals surface area (Å²) >= 11 is 6.05. The zero-order chi connectivity index (χ0) is 30.9. The van der Waals surface area contributed by atoms with Gasteiger partial charge >= 0.3 is 0 Å². The number of hydrogen-bond acceptors (Lipinski definition) is 6. The summed E-state index contributed by atoms with van der Waals surface area (Å²) in [7, 11) is 1.51. The highest BCUT2D eigenvalue weighted by molar-refractivity contribution is 6.30. The van der Waals surface area contributed by atoms with Crippen LogP contribution in [-0.4, -0.2) is 78.2 Å². The molecule has 0 aromatic heterocycles. The van der Waals surface area contributed by atoms with Gasteiger partial charge in [-0.05, 0) is 43.5 Å². The number of aliphatic hydroxyl groups is 1. The quantitative estimate of drug-likeness (QED) is 0.420. The summed E-state index contributed by atoms with van der Waals surface area (Å²) < 4.78 is 6.02. The van der Waals surface area contributed by atoms with Crippen LogP contribution in [0, 0.1) is 5.92 Å². The number of likely N-dealkylation sites (N-methyl/N-ethyl adjacent to an activating group) is 1. The Balaban J connectivity index is 1.99. The lowest BCUT2D eigenvalue weighted by molar-refractivity contribution is -0.150. The Hall–Kier alpha value is -3.40. The van der Waals surface area contributed by atoms with Gasteiger partial charge in [-0.3, -0.25) is 14.4 Å². The molecule has 4 N–H and O–H groups in total.